The van der Waals surface area contributed by atoms with Crippen LogP contribution in [-0.2, 0) is 6.54 Å². The van der Waals surface area contributed by atoms with Crippen molar-refractivity contribution in [2.24, 2.45) is 0 Å². The van der Waals surface area contributed by atoms with Gasteiger partial charge in [-0.05, 0) is 42.0 Å². The Hall–Kier alpha value is -3.15. The fourth-order valence-corrected chi connectivity index (χ4v) is 3.72. The van der Waals surface area contributed by atoms with Gasteiger partial charge in [0, 0.05) is 25.0 Å². The van der Waals surface area contributed by atoms with Gasteiger partial charge in [-0.3, -0.25) is 4.79 Å². The first-order valence-electron chi connectivity index (χ1n) is 8.70. The third-order valence-electron chi connectivity index (χ3n) is 4.91. The van der Waals surface area contributed by atoms with Gasteiger partial charge in [0.25, 0.3) is 5.91 Å². The number of amides is 1. The van der Waals surface area contributed by atoms with Crippen molar-refractivity contribution in [1.29, 1.82) is 0 Å². The van der Waals surface area contributed by atoms with E-state index in [1.807, 2.05) is 29.2 Å². The Bertz CT molecular complexity index is 945. The smallest absolute Gasteiger partial charge is 0.290 e. The molecule has 0 bridgehead atoms. The van der Waals surface area contributed by atoms with Crippen LogP contribution in [0.25, 0.3) is 0 Å². The Labute approximate surface area is 150 Å². The van der Waals surface area contributed by atoms with Crippen LogP contribution in [0.5, 0.6) is 11.5 Å². The van der Waals surface area contributed by atoms with Crippen LogP contribution in [0.2, 0.25) is 0 Å². The molecule has 2 aliphatic rings. The highest BCUT2D eigenvalue weighted by Crippen LogP contribution is 2.38. The number of hydrogen-bond donors (Lipinski definition) is 0. The van der Waals surface area contributed by atoms with Crippen molar-refractivity contribution < 1.29 is 18.7 Å². The summed E-state index contributed by atoms with van der Waals surface area (Å²) in [6, 6.07) is 13.2. The summed E-state index contributed by atoms with van der Waals surface area (Å²) in [4.78, 5) is 14.9. The zero-order valence-electron chi connectivity index (χ0n) is 14.1. The molecule has 0 radical (unpaired) electrons. The molecule has 132 valence electrons. The van der Waals surface area contributed by atoms with E-state index in [1.54, 1.807) is 12.1 Å². The zero-order chi connectivity index (χ0) is 17.5. The summed E-state index contributed by atoms with van der Waals surface area (Å²) in [5, 5.41) is 0. The number of carbonyl (C=O) groups is 1. The fraction of sp³-hybridized carbons (Fsp3) is 0.250. The molecule has 0 N–H and O–H groups in total. The molecular formula is C20H18N2O4. The highest BCUT2D eigenvalue weighted by atomic mass is 16.6. The number of nitrogens with zero attached hydrogens (tertiary/aromatic N) is 2. The highest BCUT2D eigenvalue weighted by Gasteiger charge is 2.34. The summed E-state index contributed by atoms with van der Waals surface area (Å²) in [5.41, 5.74) is 2.07. The molecule has 0 saturated carbocycles. The molecule has 1 amide bonds. The largest absolute Gasteiger partial charge is 0.486 e. The Kier molecular flexibility index (Phi) is 3.48. The lowest BCUT2D eigenvalue weighted by Gasteiger charge is -2.37. The predicted molar refractivity (Wildman–Crippen MR) is 93.5 cm³/mol. The number of aromatic nitrogens is 1. The van der Waals surface area contributed by atoms with E-state index in [0.717, 1.165) is 29.3 Å². The second-order valence-electron chi connectivity index (χ2n) is 6.41. The summed E-state index contributed by atoms with van der Waals surface area (Å²) in [6.45, 7) is 2.46. The summed E-state index contributed by atoms with van der Waals surface area (Å²) in [7, 11) is 0. The average Bonchev–Trinajstić information content (AvgIpc) is 3.38. The second kappa shape index (κ2) is 5.98. The Morgan fingerprint density at radius 3 is 2.73 bits per heavy atom. The van der Waals surface area contributed by atoms with Gasteiger partial charge in [-0.2, -0.15) is 0 Å². The fourth-order valence-electron chi connectivity index (χ4n) is 3.72. The molecule has 2 aromatic heterocycles. The van der Waals surface area contributed by atoms with E-state index in [9.17, 15) is 4.79 Å². The van der Waals surface area contributed by atoms with Gasteiger partial charge in [0.05, 0.1) is 12.3 Å². The van der Waals surface area contributed by atoms with Gasteiger partial charge in [-0.25, -0.2) is 0 Å². The summed E-state index contributed by atoms with van der Waals surface area (Å²) in [5.74, 6) is 1.72. The van der Waals surface area contributed by atoms with E-state index < -0.39 is 0 Å². The molecular weight excluding hydrogens is 332 g/mol. The lowest BCUT2D eigenvalue weighted by atomic mass is 9.99. The van der Waals surface area contributed by atoms with E-state index >= 15 is 0 Å². The highest BCUT2D eigenvalue weighted by molar-refractivity contribution is 5.92. The summed E-state index contributed by atoms with van der Waals surface area (Å²) >= 11 is 0. The molecule has 6 nitrogen and oxygen atoms in total. The number of furan rings is 1. The predicted octanol–water partition coefficient (Wildman–Crippen LogP) is 3.10. The molecule has 4 heterocycles. The zero-order valence-corrected chi connectivity index (χ0v) is 14.1. The van der Waals surface area contributed by atoms with Crippen LogP contribution < -0.4 is 9.47 Å². The Morgan fingerprint density at radius 2 is 1.88 bits per heavy atom. The van der Waals surface area contributed by atoms with Gasteiger partial charge in [0.2, 0.25) is 0 Å². The molecule has 26 heavy (non-hydrogen) atoms. The average molecular weight is 350 g/mol. The molecule has 0 saturated heterocycles. The quantitative estimate of drug-likeness (QED) is 0.713. The first-order chi connectivity index (χ1) is 12.8. The van der Waals surface area contributed by atoms with Crippen LogP contribution in [0.1, 0.15) is 27.9 Å². The number of fused-ring (bicyclic) bond motifs is 2. The van der Waals surface area contributed by atoms with Crippen LogP contribution in [0, 0.1) is 0 Å². The normalized spacial score (nSPS) is 18.5. The third kappa shape index (κ3) is 2.37. The SMILES string of the molecule is O=C(c1ccco1)N1CCn2cccc2[C@@H]1c1ccc2c(c1)OCCO2. The maximum atomic E-state index is 13.0. The molecule has 0 fully saturated rings. The third-order valence-corrected chi connectivity index (χ3v) is 4.91. The van der Waals surface area contributed by atoms with Crippen LogP contribution in [0.4, 0.5) is 0 Å². The van der Waals surface area contributed by atoms with Crippen LogP contribution >= 0.6 is 0 Å². The van der Waals surface area contributed by atoms with Crippen LogP contribution in [-0.4, -0.2) is 35.1 Å². The number of rotatable bonds is 2. The van der Waals surface area contributed by atoms with Crippen molar-refractivity contribution in [3.63, 3.8) is 0 Å². The molecule has 5 rings (SSSR count). The molecule has 6 heteroatoms. The van der Waals surface area contributed by atoms with E-state index in [4.69, 9.17) is 13.9 Å². The molecule has 0 spiro atoms. The molecule has 2 aliphatic heterocycles. The van der Waals surface area contributed by atoms with Gasteiger partial charge in [0.15, 0.2) is 17.3 Å². The van der Waals surface area contributed by atoms with Crippen molar-refractivity contribution >= 4 is 5.91 Å². The molecule has 1 atom stereocenters. The number of benzene rings is 1. The number of ether oxygens (including phenoxy) is 2. The topological polar surface area (TPSA) is 56.8 Å². The molecule has 0 aliphatic carbocycles. The Morgan fingerprint density at radius 1 is 1.00 bits per heavy atom. The van der Waals surface area contributed by atoms with Gasteiger partial charge < -0.3 is 23.4 Å². The molecule has 1 aromatic carbocycles. The minimum Gasteiger partial charge on any atom is -0.486 e. The van der Waals surface area contributed by atoms with Crippen molar-refractivity contribution in [3.8, 4) is 11.5 Å². The Balaban J connectivity index is 1.59. The van der Waals surface area contributed by atoms with E-state index in [-0.39, 0.29) is 11.9 Å². The van der Waals surface area contributed by atoms with Crippen LogP contribution in [0.3, 0.4) is 0 Å². The van der Waals surface area contributed by atoms with E-state index in [0.29, 0.717) is 25.5 Å². The van der Waals surface area contributed by atoms with E-state index in [1.165, 1.54) is 6.26 Å². The lowest BCUT2D eigenvalue weighted by molar-refractivity contribution is 0.0630. The minimum absolute atomic E-state index is 0.109. The van der Waals surface area contributed by atoms with Crippen molar-refractivity contribution in [3.05, 3.63) is 71.9 Å². The van der Waals surface area contributed by atoms with E-state index in [2.05, 4.69) is 16.8 Å². The molecule has 3 aromatic rings. The summed E-state index contributed by atoms with van der Waals surface area (Å²) in [6.07, 6.45) is 3.58. The van der Waals surface area contributed by atoms with Crippen molar-refractivity contribution in [2.75, 3.05) is 19.8 Å². The monoisotopic (exact) mass is 350 g/mol. The van der Waals surface area contributed by atoms with Gasteiger partial charge in [-0.15, -0.1) is 0 Å². The first-order valence-corrected chi connectivity index (χ1v) is 8.70. The number of hydrogen-bond acceptors (Lipinski definition) is 4. The van der Waals surface area contributed by atoms with Crippen molar-refractivity contribution in [1.82, 2.24) is 9.47 Å². The maximum absolute atomic E-state index is 13.0. The summed E-state index contributed by atoms with van der Waals surface area (Å²) < 4.78 is 18.9. The maximum Gasteiger partial charge on any atom is 0.290 e. The van der Waals surface area contributed by atoms with Crippen LogP contribution in [0.15, 0.2) is 59.3 Å². The lowest BCUT2D eigenvalue weighted by Crippen LogP contribution is -2.42. The first kappa shape index (κ1) is 15.1. The standard InChI is InChI=1S/C20H18N2O4/c23-20(17-4-2-10-24-17)22-9-8-21-7-1-3-15(21)19(22)14-5-6-16-18(13-14)26-12-11-25-16/h1-7,10,13,19H,8-9,11-12H2/t19-/m0/s1. The van der Waals surface area contributed by atoms with Gasteiger partial charge in [0.1, 0.15) is 13.2 Å². The van der Waals surface area contributed by atoms with Crippen molar-refractivity contribution in [2.45, 2.75) is 12.6 Å². The van der Waals surface area contributed by atoms with Gasteiger partial charge >= 0.3 is 0 Å². The second-order valence-corrected chi connectivity index (χ2v) is 6.41. The van der Waals surface area contributed by atoms with Gasteiger partial charge in [-0.1, -0.05) is 6.07 Å². The molecule has 0 unspecified atom stereocenters. The number of carbonyl (C=O) groups excluding carboxylic acids is 1. The minimum atomic E-state index is -0.202.